The first-order valence-corrected chi connectivity index (χ1v) is 7.74. The lowest BCUT2D eigenvalue weighted by molar-refractivity contribution is 0.108. The Hall–Kier alpha value is -1.39. The predicted molar refractivity (Wildman–Crippen MR) is 80.8 cm³/mol. The Labute approximate surface area is 132 Å². The number of carbonyl (C=O) groups excluding carboxylic acids is 1. The molecule has 1 aromatic carbocycles. The maximum absolute atomic E-state index is 11.2. The topological polar surface area (TPSA) is 56.0 Å². The Kier molecular flexibility index (Phi) is 4.27. The van der Waals surface area contributed by atoms with Crippen LogP contribution in [0.5, 0.6) is 0 Å². The third-order valence-electron chi connectivity index (χ3n) is 3.82. The molecule has 1 aromatic heterocycles. The zero-order valence-corrected chi connectivity index (χ0v) is 12.8. The van der Waals surface area contributed by atoms with Crippen LogP contribution < -0.4 is 0 Å². The average Bonchev–Trinajstić information content (AvgIpc) is 2.98. The SMILES string of the molecule is O=C(Cl)c1ccc(Cl)c(-c2nnc(C3CCCCC3)o2)c1. The summed E-state index contributed by atoms with van der Waals surface area (Å²) in [4.78, 5) is 11.2. The second-order valence-corrected chi connectivity index (χ2v) is 6.00. The summed E-state index contributed by atoms with van der Waals surface area (Å²) >= 11 is 11.6. The predicted octanol–water partition coefficient (Wildman–Crippen LogP) is 4.82. The van der Waals surface area contributed by atoms with Crippen LogP contribution in [0.2, 0.25) is 5.02 Å². The maximum Gasteiger partial charge on any atom is 0.252 e. The van der Waals surface area contributed by atoms with Crippen molar-refractivity contribution in [2.24, 2.45) is 0 Å². The summed E-state index contributed by atoms with van der Waals surface area (Å²) in [6.45, 7) is 0. The molecule has 1 aliphatic carbocycles. The van der Waals surface area contributed by atoms with Gasteiger partial charge in [-0.2, -0.15) is 0 Å². The Balaban J connectivity index is 1.92. The van der Waals surface area contributed by atoms with Crippen LogP contribution in [-0.2, 0) is 0 Å². The Morgan fingerprint density at radius 2 is 1.95 bits per heavy atom. The lowest BCUT2D eigenvalue weighted by Gasteiger charge is -2.17. The fourth-order valence-electron chi connectivity index (χ4n) is 2.67. The molecule has 0 unspecified atom stereocenters. The van der Waals surface area contributed by atoms with Gasteiger partial charge in [-0.25, -0.2) is 0 Å². The summed E-state index contributed by atoms with van der Waals surface area (Å²) in [6, 6.07) is 4.76. The van der Waals surface area contributed by atoms with Crippen molar-refractivity contribution in [3.8, 4) is 11.5 Å². The van der Waals surface area contributed by atoms with Crippen LogP contribution in [0.15, 0.2) is 22.6 Å². The first-order valence-electron chi connectivity index (χ1n) is 6.98. The molecule has 6 heteroatoms. The monoisotopic (exact) mass is 324 g/mol. The Morgan fingerprint density at radius 3 is 2.67 bits per heavy atom. The first-order chi connectivity index (χ1) is 10.1. The van der Waals surface area contributed by atoms with E-state index in [2.05, 4.69) is 10.2 Å². The number of carbonyl (C=O) groups is 1. The Morgan fingerprint density at radius 1 is 1.19 bits per heavy atom. The lowest BCUT2D eigenvalue weighted by atomic mass is 9.89. The van der Waals surface area contributed by atoms with Crippen LogP contribution in [0.25, 0.3) is 11.5 Å². The molecule has 0 radical (unpaired) electrons. The third kappa shape index (κ3) is 3.11. The quantitative estimate of drug-likeness (QED) is 0.759. The molecule has 1 heterocycles. The van der Waals surface area contributed by atoms with Gasteiger partial charge in [-0.15, -0.1) is 10.2 Å². The highest BCUT2D eigenvalue weighted by Crippen LogP contribution is 2.34. The van der Waals surface area contributed by atoms with E-state index in [0.717, 1.165) is 12.8 Å². The van der Waals surface area contributed by atoms with E-state index in [-0.39, 0.29) is 0 Å². The largest absolute Gasteiger partial charge is 0.420 e. The molecule has 0 amide bonds. The molecule has 0 N–H and O–H groups in total. The normalized spacial score (nSPS) is 16.1. The zero-order valence-electron chi connectivity index (χ0n) is 11.3. The molecule has 1 fully saturated rings. The van der Waals surface area contributed by atoms with Crippen molar-refractivity contribution in [2.45, 2.75) is 38.0 Å². The van der Waals surface area contributed by atoms with Crippen LogP contribution in [0.1, 0.15) is 54.3 Å². The number of hydrogen-bond acceptors (Lipinski definition) is 4. The van der Waals surface area contributed by atoms with Crippen LogP contribution in [-0.4, -0.2) is 15.4 Å². The number of nitrogens with zero attached hydrogens (tertiary/aromatic N) is 2. The maximum atomic E-state index is 11.2. The fraction of sp³-hybridized carbons (Fsp3) is 0.400. The van der Waals surface area contributed by atoms with E-state index in [0.29, 0.717) is 33.8 Å². The van der Waals surface area contributed by atoms with E-state index >= 15 is 0 Å². The van der Waals surface area contributed by atoms with Gasteiger partial charge >= 0.3 is 0 Å². The second kappa shape index (κ2) is 6.16. The highest BCUT2D eigenvalue weighted by molar-refractivity contribution is 6.67. The van der Waals surface area contributed by atoms with Gasteiger partial charge < -0.3 is 4.42 Å². The molecule has 2 aromatic rings. The van der Waals surface area contributed by atoms with Crippen molar-refractivity contribution in [2.75, 3.05) is 0 Å². The zero-order chi connectivity index (χ0) is 14.8. The first kappa shape index (κ1) is 14.5. The minimum Gasteiger partial charge on any atom is -0.420 e. The molecule has 1 aliphatic rings. The summed E-state index contributed by atoms with van der Waals surface area (Å²) in [6.07, 6.45) is 5.81. The van der Waals surface area contributed by atoms with Crippen molar-refractivity contribution in [1.29, 1.82) is 0 Å². The number of halogens is 2. The minimum atomic E-state index is -0.542. The van der Waals surface area contributed by atoms with E-state index in [1.807, 2.05) is 0 Å². The molecule has 110 valence electrons. The van der Waals surface area contributed by atoms with Crippen molar-refractivity contribution in [3.63, 3.8) is 0 Å². The fourth-order valence-corrected chi connectivity index (χ4v) is 2.99. The van der Waals surface area contributed by atoms with E-state index in [1.165, 1.54) is 19.3 Å². The Bertz CT molecular complexity index is 663. The van der Waals surface area contributed by atoms with Gasteiger partial charge in [0.2, 0.25) is 11.8 Å². The molecule has 0 bridgehead atoms. The molecule has 0 saturated heterocycles. The summed E-state index contributed by atoms with van der Waals surface area (Å²) in [5, 5.41) is 8.12. The van der Waals surface area contributed by atoms with Gasteiger partial charge in [-0.1, -0.05) is 30.9 Å². The molecule has 3 rings (SSSR count). The minimum absolute atomic E-state index is 0.330. The van der Waals surface area contributed by atoms with Gasteiger partial charge in [0.15, 0.2) is 0 Å². The highest BCUT2D eigenvalue weighted by Gasteiger charge is 2.22. The van der Waals surface area contributed by atoms with Crippen LogP contribution in [0.3, 0.4) is 0 Å². The van der Waals surface area contributed by atoms with Gasteiger partial charge in [-0.05, 0) is 42.6 Å². The van der Waals surface area contributed by atoms with Crippen molar-refractivity contribution in [1.82, 2.24) is 10.2 Å². The lowest BCUT2D eigenvalue weighted by Crippen LogP contribution is -2.04. The molecule has 1 saturated carbocycles. The number of rotatable bonds is 3. The second-order valence-electron chi connectivity index (χ2n) is 5.25. The van der Waals surface area contributed by atoms with Gasteiger partial charge in [0.1, 0.15) is 0 Å². The van der Waals surface area contributed by atoms with Crippen molar-refractivity contribution >= 4 is 28.4 Å². The molecule has 0 aliphatic heterocycles. The number of aromatic nitrogens is 2. The summed E-state index contributed by atoms with van der Waals surface area (Å²) in [5.74, 6) is 1.32. The third-order valence-corrected chi connectivity index (χ3v) is 4.37. The molecule has 0 spiro atoms. The molecule has 4 nitrogen and oxygen atoms in total. The van der Waals surface area contributed by atoms with E-state index in [4.69, 9.17) is 27.6 Å². The number of hydrogen-bond donors (Lipinski definition) is 0. The van der Waals surface area contributed by atoms with Gasteiger partial charge in [0, 0.05) is 11.5 Å². The molecule has 0 atom stereocenters. The molecular weight excluding hydrogens is 311 g/mol. The smallest absolute Gasteiger partial charge is 0.252 e. The van der Waals surface area contributed by atoms with Gasteiger partial charge in [0.05, 0.1) is 10.6 Å². The summed E-state index contributed by atoms with van der Waals surface area (Å²) in [5.41, 5.74) is 0.895. The molecular formula is C15H14Cl2N2O2. The summed E-state index contributed by atoms with van der Waals surface area (Å²) < 4.78 is 5.76. The van der Waals surface area contributed by atoms with E-state index in [9.17, 15) is 4.79 Å². The van der Waals surface area contributed by atoms with E-state index < -0.39 is 5.24 Å². The molecule has 21 heavy (non-hydrogen) atoms. The number of benzene rings is 1. The van der Waals surface area contributed by atoms with Crippen LogP contribution in [0.4, 0.5) is 0 Å². The summed E-state index contributed by atoms with van der Waals surface area (Å²) in [7, 11) is 0. The average molecular weight is 325 g/mol. The van der Waals surface area contributed by atoms with Crippen LogP contribution >= 0.6 is 23.2 Å². The standard InChI is InChI=1S/C15H14Cl2N2O2/c16-12-7-6-10(13(17)20)8-11(12)15-19-18-14(21-15)9-4-2-1-3-5-9/h6-9H,1-5H2. The van der Waals surface area contributed by atoms with Crippen molar-refractivity contribution < 1.29 is 9.21 Å². The van der Waals surface area contributed by atoms with E-state index in [1.54, 1.807) is 18.2 Å². The van der Waals surface area contributed by atoms with Gasteiger partial charge in [-0.3, -0.25) is 4.79 Å². The highest BCUT2D eigenvalue weighted by atomic mass is 35.5. The van der Waals surface area contributed by atoms with Gasteiger partial charge in [0.25, 0.3) is 5.24 Å². The van der Waals surface area contributed by atoms with Crippen molar-refractivity contribution in [3.05, 3.63) is 34.7 Å². The van der Waals surface area contributed by atoms with Crippen LogP contribution in [0, 0.1) is 0 Å².